The van der Waals surface area contributed by atoms with Gasteiger partial charge in [0.1, 0.15) is 17.6 Å². The number of nitrogens with one attached hydrogen (secondary N) is 2. The van der Waals surface area contributed by atoms with Gasteiger partial charge in [0.05, 0.1) is 13.2 Å². The second-order valence-electron chi connectivity index (χ2n) is 9.27. The predicted octanol–water partition coefficient (Wildman–Crippen LogP) is 3.52. The van der Waals surface area contributed by atoms with Crippen LogP contribution in [0.5, 0.6) is 11.5 Å². The summed E-state index contributed by atoms with van der Waals surface area (Å²) in [4.78, 5) is 4.40. The van der Waals surface area contributed by atoms with Crippen LogP contribution in [-0.4, -0.2) is 45.5 Å². The summed E-state index contributed by atoms with van der Waals surface area (Å²) in [6, 6.07) is 4.18. The van der Waals surface area contributed by atoms with Crippen molar-refractivity contribution >= 4 is 5.96 Å². The first-order valence-electron chi connectivity index (χ1n) is 10.7. The number of methoxy groups -OCH3 is 1. The Hall–Kier alpha value is -1.95. The molecule has 2 N–H and O–H groups in total. The van der Waals surface area contributed by atoms with E-state index in [1.54, 1.807) is 14.2 Å². The molecule has 6 heteroatoms. The minimum atomic E-state index is 0.138. The fraction of sp³-hybridized carbons (Fsp3) is 0.696. The third-order valence-electron chi connectivity index (χ3n) is 5.80. The highest BCUT2D eigenvalue weighted by molar-refractivity contribution is 5.79. The van der Waals surface area contributed by atoms with Crippen LogP contribution in [0.2, 0.25) is 0 Å². The monoisotopic (exact) mass is 403 g/mol. The largest absolute Gasteiger partial charge is 0.496 e. The summed E-state index contributed by atoms with van der Waals surface area (Å²) in [7, 11) is 3.52. The molecule has 162 valence electrons. The van der Waals surface area contributed by atoms with E-state index in [1.165, 1.54) is 12.0 Å². The van der Waals surface area contributed by atoms with Crippen LogP contribution in [0.4, 0.5) is 0 Å². The Morgan fingerprint density at radius 3 is 2.76 bits per heavy atom. The molecular weight excluding hydrogens is 366 g/mol. The van der Waals surface area contributed by atoms with Crippen molar-refractivity contribution < 1.29 is 14.2 Å². The van der Waals surface area contributed by atoms with E-state index in [2.05, 4.69) is 55.5 Å². The molecule has 3 unspecified atom stereocenters. The molecule has 29 heavy (non-hydrogen) atoms. The molecule has 0 aromatic heterocycles. The second kappa shape index (κ2) is 9.24. The van der Waals surface area contributed by atoms with E-state index in [9.17, 15) is 0 Å². The van der Waals surface area contributed by atoms with Crippen LogP contribution in [-0.2, 0) is 17.7 Å². The summed E-state index contributed by atoms with van der Waals surface area (Å²) >= 11 is 0. The summed E-state index contributed by atoms with van der Waals surface area (Å²) in [6.07, 6.45) is 3.72. The maximum absolute atomic E-state index is 6.10. The Balaban J connectivity index is 1.59. The van der Waals surface area contributed by atoms with Gasteiger partial charge in [-0.3, -0.25) is 4.99 Å². The molecule has 1 aromatic carbocycles. The van der Waals surface area contributed by atoms with E-state index in [-0.39, 0.29) is 17.6 Å². The van der Waals surface area contributed by atoms with Gasteiger partial charge >= 0.3 is 0 Å². The summed E-state index contributed by atoms with van der Waals surface area (Å²) in [6.45, 7) is 11.2. The lowest BCUT2D eigenvalue weighted by atomic mass is 9.78. The van der Waals surface area contributed by atoms with Crippen LogP contribution in [0.15, 0.2) is 17.1 Å². The fourth-order valence-electron chi connectivity index (χ4n) is 4.45. The van der Waals surface area contributed by atoms with Crippen LogP contribution >= 0.6 is 0 Å². The van der Waals surface area contributed by atoms with Gasteiger partial charge in [-0.1, -0.05) is 20.8 Å². The van der Waals surface area contributed by atoms with Crippen molar-refractivity contribution in [2.75, 3.05) is 27.3 Å². The molecule has 2 aliphatic rings. The van der Waals surface area contributed by atoms with Crippen molar-refractivity contribution in [1.82, 2.24) is 10.6 Å². The normalized spacial score (nSPS) is 24.6. The van der Waals surface area contributed by atoms with Gasteiger partial charge in [0, 0.05) is 50.2 Å². The molecule has 0 radical (unpaired) electrons. The molecule has 6 nitrogen and oxygen atoms in total. The molecule has 1 saturated heterocycles. The molecular formula is C23H37N3O3. The average Bonchev–Trinajstić information content (AvgIpc) is 3.05. The Labute approximate surface area is 175 Å². The molecule has 2 heterocycles. The third kappa shape index (κ3) is 5.35. The number of guanidine groups is 1. The van der Waals surface area contributed by atoms with Gasteiger partial charge in [0.2, 0.25) is 0 Å². The molecule has 2 aliphatic heterocycles. The number of ether oxygens (including phenoxy) is 3. The van der Waals surface area contributed by atoms with E-state index < -0.39 is 0 Å². The number of nitrogens with zero attached hydrogens (tertiary/aromatic N) is 1. The van der Waals surface area contributed by atoms with E-state index >= 15 is 0 Å². The maximum atomic E-state index is 6.10. The van der Waals surface area contributed by atoms with E-state index in [0.29, 0.717) is 12.5 Å². The highest BCUT2D eigenvalue weighted by Crippen LogP contribution is 2.35. The Morgan fingerprint density at radius 1 is 1.28 bits per heavy atom. The Bertz CT molecular complexity index is 727. The Kier molecular flexibility index (Phi) is 6.93. The van der Waals surface area contributed by atoms with Crippen LogP contribution < -0.4 is 20.1 Å². The highest BCUT2D eigenvalue weighted by atomic mass is 16.5. The van der Waals surface area contributed by atoms with Crippen molar-refractivity contribution in [3.05, 3.63) is 23.3 Å². The van der Waals surface area contributed by atoms with Crippen molar-refractivity contribution in [1.29, 1.82) is 0 Å². The van der Waals surface area contributed by atoms with Gasteiger partial charge in [-0.05, 0) is 37.3 Å². The van der Waals surface area contributed by atoms with Gasteiger partial charge < -0.3 is 24.8 Å². The van der Waals surface area contributed by atoms with Crippen molar-refractivity contribution in [3.8, 4) is 11.5 Å². The number of rotatable bonds is 5. The van der Waals surface area contributed by atoms with Crippen LogP contribution in [0, 0.1) is 11.3 Å². The van der Waals surface area contributed by atoms with Gasteiger partial charge in [0.15, 0.2) is 5.96 Å². The minimum Gasteiger partial charge on any atom is -0.496 e. The van der Waals surface area contributed by atoms with Crippen LogP contribution in [0.25, 0.3) is 0 Å². The summed E-state index contributed by atoms with van der Waals surface area (Å²) < 4.78 is 17.6. The van der Waals surface area contributed by atoms with Gasteiger partial charge in [-0.2, -0.15) is 0 Å². The first-order chi connectivity index (χ1) is 13.8. The lowest BCUT2D eigenvalue weighted by Crippen LogP contribution is -2.47. The molecule has 1 aromatic rings. The quantitative estimate of drug-likeness (QED) is 0.582. The summed E-state index contributed by atoms with van der Waals surface area (Å²) in [5, 5.41) is 6.91. The number of aliphatic imine (C=N–C) groups is 1. The molecule has 0 bridgehead atoms. The zero-order valence-electron chi connectivity index (χ0n) is 18.8. The zero-order chi connectivity index (χ0) is 21.0. The lowest BCUT2D eigenvalue weighted by molar-refractivity contribution is -0.0835. The van der Waals surface area contributed by atoms with Gasteiger partial charge in [-0.15, -0.1) is 0 Å². The fourth-order valence-corrected chi connectivity index (χ4v) is 4.45. The second-order valence-corrected chi connectivity index (χ2v) is 9.27. The number of hydrogen-bond donors (Lipinski definition) is 2. The van der Waals surface area contributed by atoms with Gasteiger partial charge in [0.25, 0.3) is 0 Å². The lowest BCUT2D eigenvalue weighted by Gasteiger charge is -2.40. The first kappa shape index (κ1) is 21.8. The van der Waals surface area contributed by atoms with Gasteiger partial charge in [-0.25, -0.2) is 0 Å². The molecule has 0 amide bonds. The first-order valence-corrected chi connectivity index (χ1v) is 10.7. The third-order valence-corrected chi connectivity index (χ3v) is 5.80. The number of benzene rings is 1. The maximum Gasteiger partial charge on any atom is 0.191 e. The van der Waals surface area contributed by atoms with Crippen molar-refractivity contribution in [2.24, 2.45) is 16.3 Å². The molecule has 0 spiro atoms. The zero-order valence-corrected chi connectivity index (χ0v) is 18.8. The predicted molar refractivity (Wildman–Crippen MR) is 117 cm³/mol. The molecule has 0 aliphatic carbocycles. The topological polar surface area (TPSA) is 64.1 Å². The number of fused-ring (bicyclic) bond motifs is 1. The Morgan fingerprint density at radius 2 is 2.07 bits per heavy atom. The van der Waals surface area contributed by atoms with Crippen molar-refractivity contribution in [3.63, 3.8) is 0 Å². The van der Waals surface area contributed by atoms with Crippen LogP contribution in [0.3, 0.4) is 0 Å². The van der Waals surface area contributed by atoms with E-state index in [4.69, 9.17) is 14.2 Å². The number of hydrogen-bond acceptors (Lipinski definition) is 4. The van der Waals surface area contributed by atoms with Crippen molar-refractivity contribution in [2.45, 2.75) is 65.7 Å². The molecule has 3 atom stereocenters. The van der Waals surface area contributed by atoms with Crippen LogP contribution in [0.1, 0.15) is 51.7 Å². The molecule has 1 fully saturated rings. The summed E-state index contributed by atoms with van der Waals surface area (Å²) in [5.41, 5.74) is 2.42. The summed E-state index contributed by atoms with van der Waals surface area (Å²) in [5.74, 6) is 3.12. The van der Waals surface area contributed by atoms with E-state index in [0.717, 1.165) is 49.0 Å². The molecule has 3 rings (SSSR count). The average molecular weight is 404 g/mol. The standard InChI is InChI=1S/C23H37N3O3/c1-15-10-17-11-19(27-6)18(12-20(17)29-15)14-26-22(24-5)25-13-16-8-7-9-28-21(16)23(2,3)4/h11-12,15-16,21H,7-10,13-14H2,1-6H3,(H2,24,25,26). The van der Waals surface area contributed by atoms with E-state index in [1.807, 2.05) is 0 Å². The highest BCUT2D eigenvalue weighted by Gasteiger charge is 2.35. The SMILES string of the molecule is CN=C(NCc1cc2c(cc1OC)CC(C)O2)NCC1CCCOC1C(C)(C)C. The molecule has 0 saturated carbocycles. The minimum absolute atomic E-state index is 0.138. The smallest absolute Gasteiger partial charge is 0.191 e.